The summed E-state index contributed by atoms with van der Waals surface area (Å²) in [7, 11) is 1.34. The van der Waals surface area contributed by atoms with E-state index in [2.05, 4.69) is 9.97 Å². The second-order valence-corrected chi connectivity index (χ2v) is 6.06. The number of aromatic nitrogens is 2. The molecule has 0 aliphatic rings. The molecule has 0 amide bonds. The average molecular weight is 336 g/mol. The first-order valence-electron chi connectivity index (χ1n) is 6.92. The first-order chi connectivity index (χ1) is 10.8. The van der Waals surface area contributed by atoms with Crippen LogP contribution >= 0.6 is 11.6 Å². The predicted octanol–water partition coefficient (Wildman–Crippen LogP) is 2.96. The van der Waals surface area contributed by atoms with E-state index in [1.807, 2.05) is 0 Å². The monoisotopic (exact) mass is 335 g/mol. The van der Waals surface area contributed by atoms with Gasteiger partial charge in [0, 0.05) is 29.2 Å². The van der Waals surface area contributed by atoms with Crippen molar-refractivity contribution in [1.82, 2.24) is 9.97 Å². The van der Waals surface area contributed by atoms with Crippen molar-refractivity contribution in [2.45, 2.75) is 13.8 Å². The molecular weight excluding hydrogens is 318 g/mol. The zero-order chi connectivity index (χ0) is 17.0. The van der Waals surface area contributed by atoms with Gasteiger partial charge in [0.1, 0.15) is 6.61 Å². The smallest absolute Gasteiger partial charge is 0.316 e. The van der Waals surface area contributed by atoms with Crippen molar-refractivity contribution < 1.29 is 14.3 Å². The summed E-state index contributed by atoms with van der Waals surface area (Å²) in [4.78, 5) is 19.9. The summed E-state index contributed by atoms with van der Waals surface area (Å²) in [5, 5.41) is 0.522. The van der Waals surface area contributed by atoms with E-state index < -0.39 is 5.41 Å². The Labute approximate surface area is 139 Å². The van der Waals surface area contributed by atoms with E-state index in [1.165, 1.54) is 7.11 Å². The molecule has 0 saturated carbocycles. The Morgan fingerprint density at radius 2 is 1.96 bits per heavy atom. The first-order valence-corrected chi connectivity index (χ1v) is 7.30. The number of benzene rings is 1. The summed E-state index contributed by atoms with van der Waals surface area (Å²) >= 11 is 6.16. The van der Waals surface area contributed by atoms with Crippen molar-refractivity contribution in [2.24, 2.45) is 5.41 Å². The number of carbonyl (C=O) groups excluding carboxylic acids is 1. The Morgan fingerprint density at radius 3 is 2.52 bits per heavy atom. The van der Waals surface area contributed by atoms with Crippen LogP contribution in [0.4, 0.5) is 5.69 Å². The molecule has 0 aliphatic heterocycles. The molecule has 0 radical (unpaired) electrons. The molecule has 0 aliphatic carbocycles. The van der Waals surface area contributed by atoms with Gasteiger partial charge in [0.2, 0.25) is 0 Å². The van der Waals surface area contributed by atoms with Crippen LogP contribution in [0.3, 0.4) is 0 Å². The van der Waals surface area contributed by atoms with Crippen LogP contribution in [0.25, 0.3) is 11.1 Å². The molecule has 1 heterocycles. The van der Waals surface area contributed by atoms with Gasteiger partial charge < -0.3 is 15.2 Å². The van der Waals surface area contributed by atoms with Crippen LogP contribution in [0.2, 0.25) is 5.02 Å². The largest absolute Gasteiger partial charge is 0.469 e. The topological polar surface area (TPSA) is 87.3 Å². The molecule has 2 N–H and O–H groups in total. The molecular formula is C16H18ClN3O3. The number of anilines is 1. The quantitative estimate of drug-likeness (QED) is 0.667. The van der Waals surface area contributed by atoms with Crippen molar-refractivity contribution in [3.63, 3.8) is 0 Å². The SMILES string of the molecule is COC(=O)C(C)(C)COc1ncc(-c2ccc(N)cc2Cl)cn1. The number of hydrogen-bond donors (Lipinski definition) is 1. The van der Waals surface area contributed by atoms with E-state index in [-0.39, 0.29) is 18.6 Å². The molecule has 122 valence electrons. The number of halogens is 1. The van der Waals surface area contributed by atoms with Crippen LogP contribution in [-0.4, -0.2) is 29.7 Å². The van der Waals surface area contributed by atoms with Gasteiger partial charge in [-0.05, 0) is 26.0 Å². The Bertz CT molecular complexity index is 702. The average Bonchev–Trinajstić information content (AvgIpc) is 2.53. The number of nitrogens with zero attached hydrogens (tertiary/aromatic N) is 2. The fourth-order valence-electron chi connectivity index (χ4n) is 1.88. The summed E-state index contributed by atoms with van der Waals surface area (Å²) in [5.41, 5.74) is 7.00. The van der Waals surface area contributed by atoms with Crippen molar-refractivity contribution in [3.05, 3.63) is 35.6 Å². The molecule has 7 heteroatoms. The van der Waals surface area contributed by atoms with Gasteiger partial charge in [-0.25, -0.2) is 9.97 Å². The minimum absolute atomic E-state index is 0.113. The number of esters is 1. The first kappa shape index (κ1) is 17.0. The number of nitrogen functional groups attached to an aromatic ring is 1. The molecule has 23 heavy (non-hydrogen) atoms. The summed E-state index contributed by atoms with van der Waals surface area (Å²) in [6.45, 7) is 3.56. The molecule has 0 atom stereocenters. The van der Waals surface area contributed by atoms with E-state index in [1.54, 1.807) is 44.4 Å². The highest BCUT2D eigenvalue weighted by molar-refractivity contribution is 6.33. The summed E-state index contributed by atoms with van der Waals surface area (Å²) in [6.07, 6.45) is 3.20. The highest BCUT2D eigenvalue weighted by Gasteiger charge is 2.30. The number of carbonyl (C=O) groups is 1. The molecule has 0 saturated heterocycles. The second-order valence-electron chi connectivity index (χ2n) is 5.66. The zero-order valence-corrected chi connectivity index (χ0v) is 13.9. The Balaban J connectivity index is 2.09. The Morgan fingerprint density at radius 1 is 1.30 bits per heavy atom. The molecule has 0 unspecified atom stereocenters. The van der Waals surface area contributed by atoms with Gasteiger partial charge in [-0.1, -0.05) is 17.7 Å². The van der Waals surface area contributed by atoms with Gasteiger partial charge in [0.15, 0.2) is 0 Å². The van der Waals surface area contributed by atoms with E-state index in [0.29, 0.717) is 10.7 Å². The fourth-order valence-corrected chi connectivity index (χ4v) is 2.17. The third-order valence-electron chi connectivity index (χ3n) is 3.23. The van der Waals surface area contributed by atoms with Gasteiger partial charge in [-0.15, -0.1) is 0 Å². The van der Waals surface area contributed by atoms with Crippen molar-refractivity contribution in [3.8, 4) is 17.1 Å². The number of hydrogen-bond acceptors (Lipinski definition) is 6. The van der Waals surface area contributed by atoms with Crippen LogP contribution in [0.1, 0.15) is 13.8 Å². The lowest BCUT2D eigenvalue weighted by Crippen LogP contribution is -2.32. The zero-order valence-electron chi connectivity index (χ0n) is 13.2. The lowest BCUT2D eigenvalue weighted by molar-refractivity contribution is -0.152. The maximum Gasteiger partial charge on any atom is 0.316 e. The molecule has 0 spiro atoms. The normalized spacial score (nSPS) is 11.1. The Hall–Kier alpha value is -2.34. The highest BCUT2D eigenvalue weighted by atomic mass is 35.5. The maximum absolute atomic E-state index is 11.6. The molecule has 0 fully saturated rings. The van der Waals surface area contributed by atoms with Crippen LogP contribution in [0, 0.1) is 5.41 Å². The van der Waals surface area contributed by atoms with Gasteiger partial charge in [-0.3, -0.25) is 4.79 Å². The predicted molar refractivity (Wildman–Crippen MR) is 88.2 cm³/mol. The number of methoxy groups -OCH3 is 1. The van der Waals surface area contributed by atoms with Crippen LogP contribution in [0.15, 0.2) is 30.6 Å². The van der Waals surface area contributed by atoms with Gasteiger partial charge >= 0.3 is 12.0 Å². The van der Waals surface area contributed by atoms with Crippen molar-refractivity contribution in [1.29, 1.82) is 0 Å². The van der Waals surface area contributed by atoms with Gasteiger partial charge in [-0.2, -0.15) is 0 Å². The van der Waals surface area contributed by atoms with Crippen LogP contribution in [0.5, 0.6) is 6.01 Å². The molecule has 0 bridgehead atoms. The minimum Gasteiger partial charge on any atom is -0.469 e. The molecule has 1 aromatic heterocycles. The maximum atomic E-state index is 11.6. The second kappa shape index (κ2) is 6.83. The molecule has 6 nitrogen and oxygen atoms in total. The van der Waals surface area contributed by atoms with E-state index in [9.17, 15) is 4.79 Å². The number of rotatable bonds is 5. The minimum atomic E-state index is -0.781. The summed E-state index contributed by atoms with van der Waals surface area (Å²) < 4.78 is 10.2. The Kier molecular flexibility index (Phi) is 5.05. The van der Waals surface area contributed by atoms with Crippen molar-refractivity contribution in [2.75, 3.05) is 19.5 Å². The third kappa shape index (κ3) is 4.10. The molecule has 1 aromatic carbocycles. The van der Waals surface area contributed by atoms with Crippen molar-refractivity contribution >= 4 is 23.3 Å². The van der Waals surface area contributed by atoms with E-state index in [0.717, 1.165) is 11.1 Å². The van der Waals surface area contributed by atoms with Crippen LogP contribution < -0.4 is 10.5 Å². The van der Waals surface area contributed by atoms with E-state index in [4.69, 9.17) is 26.8 Å². The van der Waals surface area contributed by atoms with Gasteiger partial charge in [0.25, 0.3) is 0 Å². The van der Waals surface area contributed by atoms with E-state index >= 15 is 0 Å². The van der Waals surface area contributed by atoms with Crippen LogP contribution in [-0.2, 0) is 9.53 Å². The standard InChI is InChI=1S/C16H18ClN3O3/c1-16(2,14(21)22-3)9-23-15-19-7-10(8-20-15)12-5-4-11(18)6-13(12)17/h4-8H,9,18H2,1-3H3. The third-order valence-corrected chi connectivity index (χ3v) is 3.55. The lowest BCUT2D eigenvalue weighted by Gasteiger charge is -2.20. The lowest BCUT2D eigenvalue weighted by atomic mass is 9.95. The summed E-state index contributed by atoms with van der Waals surface area (Å²) in [5.74, 6) is -0.359. The van der Waals surface area contributed by atoms with Gasteiger partial charge in [0.05, 0.1) is 17.5 Å². The molecule has 2 aromatic rings. The fraction of sp³-hybridized carbons (Fsp3) is 0.312. The summed E-state index contributed by atoms with van der Waals surface area (Å²) in [6, 6.07) is 5.40. The highest BCUT2D eigenvalue weighted by Crippen LogP contribution is 2.29. The number of ether oxygens (including phenoxy) is 2. The molecule has 2 rings (SSSR count). The number of nitrogens with two attached hydrogens (primary N) is 1.